The monoisotopic (exact) mass is 246 g/mol. The molecule has 0 aliphatic rings. The molecule has 17 heavy (non-hydrogen) atoms. The van der Waals surface area contributed by atoms with Crippen LogP contribution in [0.4, 0.5) is 0 Å². The van der Waals surface area contributed by atoms with Gasteiger partial charge in [0.05, 0.1) is 18.5 Å². The first-order valence-electron chi connectivity index (χ1n) is 4.81. The number of aliphatic carboxylic acids is 2. The third-order valence-corrected chi connectivity index (χ3v) is 1.89. The zero-order chi connectivity index (χ0) is 13.4. The van der Waals surface area contributed by atoms with Gasteiger partial charge in [0.1, 0.15) is 6.29 Å². The molecule has 0 aromatic carbocycles. The molecule has 96 valence electrons. The standard InChI is InChI=1S/C9H14N2O6/c10-6(3-8(15)16)9(17)11-5(4-12)1-2-7(13)14/h4-6H,1-3,10H2,(H,11,17)(H,13,14)(H,15,16)/t5-,6-/m0/s1. The zero-order valence-corrected chi connectivity index (χ0v) is 8.96. The van der Waals surface area contributed by atoms with Crippen molar-refractivity contribution in [2.24, 2.45) is 5.73 Å². The van der Waals surface area contributed by atoms with Gasteiger partial charge in [-0.2, -0.15) is 0 Å². The van der Waals surface area contributed by atoms with Gasteiger partial charge in [-0.3, -0.25) is 14.4 Å². The van der Waals surface area contributed by atoms with Crippen molar-refractivity contribution in [3.05, 3.63) is 0 Å². The molecule has 0 rings (SSSR count). The average Bonchev–Trinajstić information content (AvgIpc) is 2.22. The fourth-order valence-corrected chi connectivity index (χ4v) is 1.02. The van der Waals surface area contributed by atoms with Crippen molar-refractivity contribution in [3.8, 4) is 0 Å². The third kappa shape index (κ3) is 7.01. The maximum absolute atomic E-state index is 11.3. The summed E-state index contributed by atoms with van der Waals surface area (Å²) in [6.45, 7) is 0. The Balaban J connectivity index is 4.17. The van der Waals surface area contributed by atoms with Crippen molar-refractivity contribution < 1.29 is 29.4 Å². The zero-order valence-electron chi connectivity index (χ0n) is 8.96. The Bertz CT molecular complexity index is 317. The van der Waals surface area contributed by atoms with E-state index in [0.717, 1.165) is 0 Å². The van der Waals surface area contributed by atoms with E-state index in [1.165, 1.54) is 0 Å². The second kappa shape index (κ2) is 7.34. The first kappa shape index (κ1) is 15.0. The molecular weight excluding hydrogens is 232 g/mol. The van der Waals surface area contributed by atoms with E-state index < -0.39 is 36.4 Å². The fraction of sp³-hybridized carbons (Fsp3) is 0.556. The second-order valence-corrected chi connectivity index (χ2v) is 3.39. The average molecular weight is 246 g/mol. The van der Waals surface area contributed by atoms with E-state index in [1.54, 1.807) is 0 Å². The van der Waals surface area contributed by atoms with Gasteiger partial charge in [-0.25, -0.2) is 0 Å². The molecule has 0 saturated carbocycles. The Hall–Kier alpha value is -1.96. The summed E-state index contributed by atoms with van der Waals surface area (Å²) < 4.78 is 0. The maximum Gasteiger partial charge on any atom is 0.305 e. The Labute approximate surface area is 96.8 Å². The van der Waals surface area contributed by atoms with E-state index in [9.17, 15) is 19.2 Å². The van der Waals surface area contributed by atoms with Crippen LogP contribution in [0.3, 0.4) is 0 Å². The van der Waals surface area contributed by atoms with Crippen molar-refractivity contribution in [2.45, 2.75) is 31.3 Å². The molecule has 2 atom stereocenters. The van der Waals surface area contributed by atoms with Crippen LogP contribution in [0.1, 0.15) is 19.3 Å². The van der Waals surface area contributed by atoms with Crippen LogP contribution in [0.25, 0.3) is 0 Å². The number of hydrogen-bond acceptors (Lipinski definition) is 5. The minimum atomic E-state index is -1.26. The third-order valence-electron chi connectivity index (χ3n) is 1.89. The summed E-state index contributed by atoms with van der Waals surface area (Å²) in [5.41, 5.74) is 5.25. The van der Waals surface area contributed by atoms with E-state index in [0.29, 0.717) is 6.29 Å². The van der Waals surface area contributed by atoms with Crippen LogP contribution in [-0.2, 0) is 19.2 Å². The summed E-state index contributed by atoms with van der Waals surface area (Å²) in [4.78, 5) is 42.4. The SMILES string of the molecule is N[C@@H](CC(=O)O)C(=O)N[C@H](C=O)CCC(=O)O. The summed E-state index contributed by atoms with van der Waals surface area (Å²) in [6.07, 6.45) is -0.521. The number of carboxylic acids is 2. The summed E-state index contributed by atoms with van der Waals surface area (Å²) in [7, 11) is 0. The first-order valence-corrected chi connectivity index (χ1v) is 4.81. The molecule has 0 aliphatic heterocycles. The molecule has 0 unspecified atom stereocenters. The number of rotatable bonds is 8. The van der Waals surface area contributed by atoms with Crippen LogP contribution in [-0.4, -0.2) is 46.4 Å². The highest BCUT2D eigenvalue weighted by Gasteiger charge is 2.20. The predicted molar refractivity (Wildman–Crippen MR) is 55.1 cm³/mol. The highest BCUT2D eigenvalue weighted by Crippen LogP contribution is 1.97. The number of amides is 1. The predicted octanol–water partition coefficient (Wildman–Crippen LogP) is -1.66. The van der Waals surface area contributed by atoms with E-state index >= 15 is 0 Å². The Morgan fingerprint density at radius 3 is 2.24 bits per heavy atom. The molecular formula is C9H14N2O6. The first-order chi connectivity index (χ1) is 7.86. The number of carboxylic acid groups (broad SMARTS) is 2. The van der Waals surface area contributed by atoms with Gasteiger partial charge in [-0.1, -0.05) is 0 Å². The second-order valence-electron chi connectivity index (χ2n) is 3.39. The van der Waals surface area contributed by atoms with Crippen molar-refractivity contribution in [1.82, 2.24) is 5.32 Å². The Morgan fingerprint density at radius 1 is 1.24 bits per heavy atom. The molecule has 0 fully saturated rings. The van der Waals surface area contributed by atoms with Gasteiger partial charge in [0.25, 0.3) is 0 Å². The highest BCUT2D eigenvalue weighted by molar-refractivity contribution is 5.87. The molecule has 5 N–H and O–H groups in total. The number of carbonyl (C=O) groups is 4. The topological polar surface area (TPSA) is 147 Å². The van der Waals surface area contributed by atoms with E-state index in [2.05, 4.69) is 5.32 Å². The van der Waals surface area contributed by atoms with Crippen LogP contribution in [0, 0.1) is 0 Å². The van der Waals surface area contributed by atoms with Crippen LogP contribution in [0.2, 0.25) is 0 Å². The lowest BCUT2D eigenvalue weighted by molar-refractivity contribution is -0.139. The van der Waals surface area contributed by atoms with Gasteiger partial charge in [0, 0.05) is 6.42 Å². The number of carbonyl (C=O) groups excluding carboxylic acids is 2. The molecule has 8 nitrogen and oxygen atoms in total. The number of aldehydes is 1. The fourth-order valence-electron chi connectivity index (χ4n) is 1.02. The van der Waals surface area contributed by atoms with Crippen LogP contribution < -0.4 is 11.1 Å². The Kier molecular flexibility index (Phi) is 6.49. The molecule has 0 aromatic heterocycles. The molecule has 1 amide bonds. The maximum atomic E-state index is 11.3. The van der Waals surface area contributed by atoms with Gasteiger partial charge in [0.2, 0.25) is 5.91 Å². The largest absolute Gasteiger partial charge is 0.481 e. The van der Waals surface area contributed by atoms with Crippen LogP contribution >= 0.6 is 0 Å². The quantitative estimate of drug-likeness (QED) is 0.374. The molecule has 0 heterocycles. The number of hydrogen-bond donors (Lipinski definition) is 4. The van der Waals surface area contributed by atoms with Crippen molar-refractivity contribution >= 4 is 24.1 Å². The van der Waals surface area contributed by atoms with Crippen molar-refractivity contribution in [1.29, 1.82) is 0 Å². The smallest absolute Gasteiger partial charge is 0.305 e. The lowest BCUT2D eigenvalue weighted by Gasteiger charge is -2.14. The van der Waals surface area contributed by atoms with Gasteiger partial charge in [-0.05, 0) is 6.42 Å². The number of nitrogens with one attached hydrogen (secondary N) is 1. The van der Waals surface area contributed by atoms with Gasteiger partial charge < -0.3 is 26.1 Å². The summed E-state index contributed by atoms with van der Waals surface area (Å²) in [6, 6.07) is -2.24. The van der Waals surface area contributed by atoms with Gasteiger partial charge in [0.15, 0.2) is 0 Å². The van der Waals surface area contributed by atoms with Gasteiger partial charge >= 0.3 is 11.9 Å². The number of nitrogens with two attached hydrogens (primary N) is 1. The van der Waals surface area contributed by atoms with Gasteiger partial charge in [-0.15, -0.1) is 0 Å². The lowest BCUT2D eigenvalue weighted by Crippen LogP contribution is -2.47. The van der Waals surface area contributed by atoms with Crippen LogP contribution in [0.5, 0.6) is 0 Å². The minimum Gasteiger partial charge on any atom is -0.481 e. The highest BCUT2D eigenvalue weighted by atomic mass is 16.4. The van der Waals surface area contributed by atoms with Crippen LogP contribution in [0.15, 0.2) is 0 Å². The molecule has 0 spiro atoms. The van der Waals surface area contributed by atoms with E-state index in [4.69, 9.17) is 15.9 Å². The lowest BCUT2D eigenvalue weighted by atomic mass is 10.1. The van der Waals surface area contributed by atoms with E-state index in [1.807, 2.05) is 0 Å². The molecule has 0 radical (unpaired) electrons. The molecule has 0 aromatic rings. The molecule has 0 saturated heterocycles. The molecule has 0 aliphatic carbocycles. The molecule has 0 bridgehead atoms. The summed E-state index contributed by atoms with van der Waals surface area (Å²) >= 11 is 0. The minimum absolute atomic E-state index is 0.0651. The Morgan fingerprint density at radius 2 is 1.82 bits per heavy atom. The normalized spacial score (nSPS) is 13.5. The van der Waals surface area contributed by atoms with Crippen molar-refractivity contribution in [3.63, 3.8) is 0 Å². The summed E-state index contributed by atoms with van der Waals surface area (Å²) in [5, 5.41) is 19.0. The summed E-state index contributed by atoms with van der Waals surface area (Å²) in [5.74, 6) is -3.13. The van der Waals surface area contributed by atoms with E-state index in [-0.39, 0.29) is 12.8 Å². The molecule has 8 heteroatoms. The van der Waals surface area contributed by atoms with Crippen molar-refractivity contribution in [2.75, 3.05) is 0 Å².